The van der Waals surface area contributed by atoms with E-state index in [1.165, 1.54) is 46.9 Å². The minimum atomic E-state index is -2.77. The number of anilines is 4. The number of aliphatic hydroxyl groups excluding tert-OH is 2. The van der Waals surface area contributed by atoms with Crippen LogP contribution in [-0.2, 0) is 0 Å². The number of carbonyl (C=O) groups excluding carboxylic acids is 8. The zero-order valence-corrected chi connectivity index (χ0v) is 83.4. The molecular weight excluding hydrogens is 1790 g/mol. The third kappa shape index (κ3) is 25.9. The van der Waals surface area contributed by atoms with E-state index < -0.39 is 53.0 Å². The topological polar surface area (TPSA) is 430 Å². The Morgan fingerprint density at radius 1 is 0.470 bits per heavy atom. The lowest BCUT2D eigenvalue weighted by atomic mass is 10.1. The molecule has 7 aliphatic rings. The highest BCUT2D eigenvalue weighted by Gasteiger charge is 2.45. The van der Waals surface area contributed by atoms with Crippen LogP contribution >= 0.6 is 45.3 Å². The first-order chi connectivity index (χ1) is 63.3. The average molecular weight is 1920 g/mol. The average Bonchev–Trinajstić information content (AvgIpc) is 1.63. The van der Waals surface area contributed by atoms with Crippen molar-refractivity contribution in [3.05, 3.63) is 114 Å². The van der Waals surface area contributed by atoms with Crippen LogP contribution < -0.4 is 42.5 Å². The summed E-state index contributed by atoms with van der Waals surface area (Å²) in [6, 6.07) is 6.94. The van der Waals surface area contributed by atoms with E-state index in [0.29, 0.717) is 93.1 Å². The van der Waals surface area contributed by atoms with Crippen molar-refractivity contribution in [2.24, 2.45) is 5.41 Å². The van der Waals surface area contributed by atoms with E-state index in [-0.39, 0.29) is 129 Å². The van der Waals surface area contributed by atoms with Crippen LogP contribution in [0.5, 0.6) is 0 Å². The van der Waals surface area contributed by atoms with Crippen LogP contribution in [0.2, 0.25) is 0 Å². The van der Waals surface area contributed by atoms with E-state index in [4.69, 9.17) is 0 Å². The van der Waals surface area contributed by atoms with E-state index in [1.54, 1.807) is 70.4 Å². The highest BCUT2D eigenvalue weighted by Crippen LogP contribution is 2.46. The number of thiazole rings is 4. The van der Waals surface area contributed by atoms with Crippen molar-refractivity contribution >= 4 is 116 Å². The third-order valence-corrected chi connectivity index (χ3v) is 29.4. The number of aromatic nitrogens is 8. The molecule has 0 aromatic carbocycles. The van der Waals surface area contributed by atoms with Gasteiger partial charge in [-0.1, -0.05) is 6.92 Å². The van der Waals surface area contributed by atoms with Gasteiger partial charge in [-0.3, -0.25) is 38.4 Å². The van der Waals surface area contributed by atoms with Gasteiger partial charge in [0.25, 0.3) is 53.2 Å². The van der Waals surface area contributed by atoms with Gasteiger partial charge in [0.2, 0.25) is 0 Å². The van der Waals surface area contributed by atoms with Crippen molar-refractivity contribution in [2.75, 3.05) is 73.7 Å². The molecule has 12 heterocycles. The molecule has 0 radical (unpaired) electrons. The molecule has 7 fully saturated rings. The fourth-order valence-electron chi connectivity index (χ4n) is 17.0. The molecule has 32 nitrogen and oxygen atoms in total. The summed E-state index contributed by atoms with van der Waals surface area (Å²) in [6.07, 6.45) is 19.3. The van der Waals surface area contributed by atoms with Crippen molar-refractivity contribution < 1.29 is 67.6 Å². The molecule has 134 heavy (non-hydrogen) atoms. The molecule has 3 saturated carbocycles. The van der Waals surface area contributed by atoms with Gasteiger partial charge in [0.1, 0.15) is 46.0 Å². The van der Waals surface area contributed by atoms with Crippen LogP contribution in [-0.4, -0.2) is 257 Å². The van der Waals surface area contributed by atoms with Gasteiger partial charge >= 0.3 is 0 Å². The number of pyridine rings is 4. The number of amides is 8. The molecule has 8 aromatic rings. The Morgan fingerprint density at radius 3 is 1.12 bits per heavy atom. The van der Waals surface area contributed by atoms with Crippen molar-refractivity contribution in [2.45, 2.75) is 305 Å². The Hall–Kier alpha value is -10.2. The number of nitrogens with one attached hydrogen (secondary N) is 8. The van der Waals surface area contributed by atoms with Crippen molar-refractivity contribution in [1.29, 1.82) is 0 Å². The fourth-order valence-corrected chi connectivity index (χ4v) is 21.1. The van der Waals surface area contributed by atoms with E-state index in [1.807, 2.05) is 116 Å². The maximum atomic E-state index is 14.1. The van der Waals surface area contributed by atoms with Gasteiger partial charge in [-0.2, -0.15) is 0 Å². The Morgan fingerprint density at radius 2 is 0.813 bits per heavy atom. The highest BCUT2D eigenvalue weighted by atomic mass is 32.1. The summed E-state index contributed by atoms with van der Waals surface area (Å²) in [7, 11) is 0. The van der Waals surface area contributed by atoms with Crippen LogP contribution in [0.1, 0.15) is 303 Å². The number of hydrogen-bond donors (Lipinski definition) is 12. The molecular formula is C96H132F2N20O12S4. The molecule has 8 amide bonds. The van der Waals surface area contributed by atoms with Crippen LogP contribution in [0.3, 0.4) is 0 Å². The highest BCUT2D eigenvalue weighted by molar-refractivity contribution is 7.18. The zero-order valence-electron chi connectivity index (χ0n) is 80.2. The van der Waals surface area contributed by atoms with Gasteiger partial charge in [0.15, 0.2) is 20.0 Å². The first-order valence-corrected chi connectivity index (χ1v) is 50.0. The van der Waals surface area contributed by atoms with Crippen molar-refractivity contribution in [3.8, 4) is 41.8 Å². The Labute approximate surface area is 799 Å². The van der Waals surface area contributed by atoms with Gasteiger partial charge in [0.05, 0.1) is 55.5 Å². The number of carbonyl (C=O) groups is 8. The minimum absolute atomic E-state index is 0.0277. The molecule has 4 aliphatic heterocycles. The maximum absolute atomic E-state index is 14.1. The summed E-state index contributed by atoms with van der Waals surface area (Å²) in [5.41, 5.74) is 5.90. The van der Waals surface area contributed by atoms with E-state index in [0.717, 1.165) is 138 Å². The lowest BCUT2D eigenvalue weighted by Crippen LogP contribution is -2.40. The maximum Gasteiger partial charge on any atom is 0.280 e. The predicted octanol–water partition coefficient (Wildman–Crippen LogP) is 14.8. The van der Waals surface area contributed by atoms with Crippen LogP contribution in [0.15, 0.2) is 49.1 Å². The minimum Gasteiger partial charge on any atom is -0.394 e. The van der Waals surface area contributed by atoms with Gasteiger partial charge < -0.3 is 82.6 Å². The van der Waals surface area contributed by atoms with Gasteiger partial charge in [-0.15, -0.1) is 45.3 Å². The predicted molar refractivity (Wildman–Crippen MR) is 521 cm³/mol. The molecule has 8 atom stereocenters. The third-order valence-electron chi connectivity index (χ3n) is 25.1. The first kappa shape index (κ1) is 103. The summed E-state index contributed by atoms with van der Waals surface area (Å²) in [5.74, 6) is -2.42. The lowest BCUT2D eigenvalue weighted by molar-refractivity contribution is -0.000743. The van der Waals surface area contributed by atoms with Crippen molar-refractivity contribution in [1.82, 2.24) is 80.7 Å². The first-order valence-electron chi connectivity index (χ1n) is 46.7. The van der Waals surface area contributed by atoms with E-state index in [2.05, 4.69) is 89.3 Å². The second-order valence-electron chi connectivity index (χ2n) is 39.0. The molecule has 0 unspecified atom stereocenters. The Balaban J connectivity index is 0.000000161. The summed E-state index contributed by atoms with van der Waals surface area (Å²) >= 11 is 4.67. The fraction of sp³-hybridized carbons (Fsp3) is 0.583. The smallest absolute Gasteiger partial charge is 0.280 e. The molecule has 0 bridgehead atoms. The molecule has 15 rings (SSSR count). The lowest BCUT2D eigenvalue weighted by Gasteiger charge is -2.22. The van der Waals surface area contributed by atoms with Gasteiger partial charge in [-0.25, -0.2) is 48.7 Å². The molecule has 4 saturated heterocycles. The second kappa shape index (κ2) is 43.8. The number of halogens is 2. The molecule has 8 aromatic heterocycles. The quantitative estimate of drug-likeness (QED) is 0.0217. The number of likely N-dealkylation sites (tertiary alicyclic amines) is 4. The Kier molecular flexibility index (Phi) is 33.6. The van der Waals surface area contributed by atoms with Crippen LogP contribution in [0, 0.1) is 33.1 Å². The number of rotatable bonds is 28. The SMILES string of the molecule is Cc1cc(NC(C)C)ncc1-c1sc(C(=O)N[C@H](C)CO)nc1C(=O)N1CCC[C@@H]1C.Cc1cc(NC(C)C)ncc1-c1sc(C(=O)N[C@H]2CCC[C@@H]2O)nc1C(=O)N1CCC[C@@H]1C.Cc1cc(NCC2(C)CC2)ncc1-c1sc(C(=O)NCC(C)(C)O)nc1C(=O)N1CCC[C@@H]1C.Cc1cc(N[C@H]2CCCC2(F)F)ncc1-c1sc(C(=O)NCC(C)(C)O)nc1C(=O)N1CCC[C@@H]1C. The van der Waals surface area contributed by atoms with Crippen LogP contribution in [0.25, 0.3) is 41.8 Å². The molecule has 38 heteroatoms. The van der Waals surface area contributed by atoms with E-state index >= 15 is 0 Å². The van der Waals surface area contributed by atoms with E-state index in [9.17, 15) is 67.6 Å². The standard InChI is InChI=1S/C25H33F2N5O3S.C25H35N5O3S.C24H33N5O3S.C22H31N5O3S/c1-14-11-18(30-17-8-5-9-25(17,26)27)28-12-16(14)20-19(23(34)32-10-6-7-15(32)2)31-22(36-20)21(33)29-13-24(3,4)35;1-15-11-18(27-14-25(5)8-9-25)26-12-17(15)20-19(23(32)30-10-6-7-16(30)2)29-22(34-20)21(31)28-13-24(3,4)33;1-13(2)26-19-11-14(3)16(12-25-19)21-20(24(32)29-10-6-7-15(29)4)28-23(33-21)22(31)27-17-8-5-9-18(17)30;1-12(2)24-17-9-13(3)16(10-23-17)19-18(22(30)27-8-6-7-15(27)5)26-21(31-19)20(29)25-14(4)11-28/h11-12,15,17,35H,5-10,13H2,1-4H3,(H,28,30)(H,29,33);11-12,16,33H,6-10,13-14H2,1-5H3,(H,26,27)(H,28,31);11-13,15,17-18,30H,5-10H2,1-4H3,(H,25,26)(H,27,31);9-10,12,14-15,28H,6-8,11H2,1-5H3,(H,23,24)(H,25,29)/t15-,17-;16-;15-,17-,18-;14-,15+/m0001/s1. The zero-order chi connectivity index (χ0) is 97.3. The number of alkyl halides is 2. The monoisotopic (exact) mass is 1920 g/mol. The molecule has 12 N–H and O–H groups in total. The number of aryl methyl sites for hydroxylation is 4. The summed E-state index contributed by atoms with van der Waals surface area (Å²) < 4.78 is 28.2. The Bertz CT molecular complexity index is 5570. The normalized spacial score (nSPS) is 20.2. The van der Waals surface area contributed by atoms with Crippen LogP contribution in [0.4, 0.5) is 32.1 Å². The van der Waals surface area contributed by atoms with Gasteiger partial charge in [0, 0.05) is 142 Å². The molecule has 3 aliphatic carbocycles. The summed E-state index contributed by atoms with van der Waals surface area (Å²) in [5, 5.41) is 63.9. The second-order valence-corrected chi connectivity index (χ2v) is 43.0. The number of nitrogens with zero attached hydrogens (tertiary/aromatic N) is 12. The molecule has 726 valence electrons. The summed E-state index contributed by atoms with van der Waals surface area (Å²) in [4.78, 5) is 151. The summed E-state index contributed by atoms with van der Waals surface area (Å²) in [6.45, 7) is 37.9. The number of aliphatic hydroxyl groups is 4. The molecule has 0 spiro atoms. The van der Waals surface area contributed by atoms with Gasteiger partial charge in [-0.05, 0) is 266 Å². The largest absolute Gasteiger partial charge is 0.394 e. The number of hydrogen-bond acceptors (Lipinski definition) is 28. The van der Waals surface area contributed by atoms with Crippen molar-refractivity contribution in [3.63, 3.8) is 0 Å².